The largest absolute Gasteiger partial charge is 0.377 e. The number of ether oxygens (including phenoxy) is 1. The summed E-state index contributed by atoms with van der Waals surface area (Å²) < 4.78 is 5.38. The van der Waals surface area contributed by atoms with Gasteiger partial charge in [0.15, 0.2) is 0 Å². The van der Waals surface area contributed by atoms with Crippen LogP contribution >= 0.6 is 0 Å². The lowest BCUT2D eigenvalue weighted by Gasteiger charge is -2.34. The topological polar surface area (TPSA) is 58.6 Å². The predicted octanol–water partition coefficient (Wildman–Crippen LogP) is 2.13. The average Bonchev–Trinajstić information content (AvgIpc) is 2.61. The minimum Gasteiger partial charge on any atom is -0.377 e. The fourth-order valence-electron chi connectivity index (χ4n) is 3.31. The number of benzene rings is 2. The predicted molar refractivity (Wildman–Crippen MR) is 97.3 cm³/mol. The molecule has 1 aliphatic heterocycles. The second-order valence-electron chi connectivity index (χ2n) is 6.60. The molecule has 2 atom stereocenters. The molecule has 0 unspecified atom stereocenters. The van der Waals surface area contributed by atoms with Gasteiger partial charge < -0.3 is 15.0 Å². The zero-order valence-corrected chi connectivity index (χ0v) is 14.7. The summed E-state index contributed by atoms with van der Waals surface area (Å²) in [5.74, 6) is -0.242. The fraction of sp³-hybridized carbons (Fsp3) is 0.400. The van der Waals surface area contributed by atoms with Gasteiger partial charge in [-0.15, -0.1) is 0 Å². The van der Waals surface area contributed by atoms with Crippen LogP contribution in [0, 0.1) is 0 Å². The number of carbonyl (C=O) groups is 2. The van der Waals surface area contributed by atoms with E-state index in [1.807, 2.05) is 19.1 Å². The Kier molecular flexibility index (Phi) is 5.34. The molecule has 1 N–H and O–H groups in total. The lowest BCUT2D eigenvalue weighted by molar-refractivity contribution is -0.147. The van der Waals surface area contributed by atoms with Gasteiger partial charge in [0.1, 0.15) is 6.04 Å². The molecule has 0 saturated carbocycles. The number of rotatable bonds is 4. The molecule has 1 heterocycles. The van der Waals surface area contributed by atoms with Crippen LogP contribution in [0.25, 0.3) is 10.8 Å². The van der Waals surface area contributed by atoms with Crippen LogP contribution in [0.15, 0.2) is 42.5 Å². The van der Waals surface area contributed by atoms with E-state index in [9.17, 15) is 9.59 Å². The first-order valence-electron chi connectivity index (χ1n) is 8.67. The van der Waals surface area contributed by atoms with Gasteiger partial charge in [-0.05, 0) is 29.7 Å². The van der Waals surface area contributed by atoms with Crippen molar-refractivity contribution in [3.8, 4) is 0 Å². The van der Waals surface area contributed by atoms with Gasteiger partial charge in [-0.25, -0.2) is 0 Å². The van der Waals surface area contributed by atoms with Gasteiger partial charge in [-0.3, -0.25) is 9.59 Å². The minimum absolute atomic E-state index is 0.0237. The first kappa shape index (κ1) is 17.4. The standard InChI is InChI=1S/C20H24N2O3/c1-14(11-16-7-8-17-5-3-4-6-18(17)12-16)21-20(24)19-13-25-10-9-22(19)15(2)23/h3-8,12,14,19H,9-11,13H2,1-2H3,(H,21,24)/t14-,19-/m0/s1. The highest BCUT2D eigenvalue weighted by Gasteiger charge is 2.31. The monoisotopic (exact) mass is 340 g/mol. The third-order valence-electron chi connectivity index (χ3n) is 4.58. The molecule has 5 heteroatoms. The van der Waals surface area contributed by atoms with Gasteiger partial charge in [-0.2, -0.15) is 0 Å². The van der Waals surface area contributed by atoms with Crippen molar-refractivity contribution in [3.05, 3.63) is 48.0 Å². The first-order valence-corrected chi connectivity index (χ1v) is 8.67. The third-order valence-corrected chi connectivity index (χ3v) is 4.58. The zero-order chi connectivity index (χ0) is 17.8. The van der Waals surface area contributed by atoms with Gasteiger partial charge in [0.25, 0.3) is 0 Å². The average molecular weight is 340 g/mol. The number of amides is 2. The number of nitrogens with one attached hydrogen (secondary N) is 1. The van der Waals surface area contributed by atoms with Crippen molar-refractivity contribution in [2.75, 3.05) is 19.8 Å². The normalized spacial score (nSPS) is 18.8. The highest BCUT2D eigenvalue weighted by molar-refractivity contribution is 5.87. The molecule has 132 valence electrons. The van der Waals surface area contributed by atoms with Crippen molar-refractivity contribution < 1.29 is 14.3 Å². The van der Waals surface area contributed by atoms with Crippen LogP contribution in [0.3, 0.4) is 0 Å². The van der Waals surface area contributed by atoms with E-state index in [1.165, 1.54) is 23.3 Å². The van der Waals surface area contributed by atoms with Crippen LogP contribution in [0.4, 0.5) is 0 Å². The van der Waals surface area contributed by atoms with Crippen LogP contribution in [0.2, 0.25) is 0 Å². The molecule has 3 rings (SSSR count). The second-order valence-corrected chi connectivity index (χ2v) is 6.60. The minimum atomic E-state index is -0.537. The molecule has 0 bridgehead atoms. The van der Waals surface area contributed by atoms with Crippen LogP contribution in [0.5, 0.6) is 0 Å². The molecule has 0 spiro atoms. The number of carbonyl (C=O) groups excluding carboxylic acids is 2. The van der Waals surface area contributed by atoms with E-state index in [-0.39, 0.29) is 24.5 Å². The Bertz CT molecular complexity index is 774. The molecule has 0 aromatic heterocycles. The summed E-state index contributed by atoms with van der Waals surface area (Å²) in [6, 6.07) is 14.0. The molecule has 0 radical (unpaired) electrons. The molecule has 1 saturated heterocycles. The highest BCUT2D eigenvalue weighted by atomic mass is 16.5. The van der Waals surface area contributed by atoms with Crippen LogP contribution in [-0.2, 0) is 20.7 Å². The second kappa shape index (κ2) is 7.66. The summed E-state index contributed by atoms with van der Waals surface area (Å²) in [6.45, 7) is 4.68. The van der Waals surface area contributed by atoms with E-state index in [2.05, 4.69) is 35.6 Å². The third kappa shape index (κ3) is 4.17. The van der Waals surface area contributed by atoms with E-state index in [4.69, 9.17) is 4.74 Å². The smallest absolute Gasteiger partial charge is 0.245 e. The summed E-state index contributed by atoms with van der Waals surface area (Å²) in [7, 11) is 0. The van der Waals surface area contributed by atoms with Gasteiger partial charge in [0.2, 0.25) is 11.8 Å². The Morgan fingerprint density at radius 1 is 1.24 bits per heavy atom. The molecular weight excluding hydrogens is 316 g/mol. The van der Waals surface area contributed by atoms with Gasteiger partial charge in [0.05, 0.1) is 13.2 Å². The maximum atomic E-state index is 12.5. The van der Waals surface area contributed by atoms with Crippen molar-refractivity contribution in [3.63, 3.8) is 0 Å². The van der Waals surface area contributed by atoms with E-state index in [0.29, 0.717) is 13.2 Å². The Hall–Kier alpha value is -2.40. The summed E-state index contributed by atoms with van der Waals surface area (Å²) >= 11 is 0. The molecule has 2 aromatic carbocycles. The zero-order valence-electron chi connectivity index (χ0n) is 14.7. The first-order chi connectivity index (χ1) is 12.0. The van der Waals surface area contributed by atoms with Crippen molar-refractivity contribution in [1.29, 1.82) is 0 Å². The van der Waals surface area contributed by atoms with E-state index >= 15 is 0 Å². The van der Waals surface area contributed by atoms with Crippen LogP contribution < -0.4 is 5.32 Å². The summed E-state index contributed by atoms with van der Waals surface area (Å²) in [6.07, 6.45) is 0.740. The van der Waals surface area contributed by atoms with Crippen molar-refractivity contribution in [2.45, 2.75) is 32.4 Å². The maximum absolute atomic E-state index is 12.5. The SMILES string of the molecule is CC(=O)N1CCOC[C@H]1C(=O)N[C@@H](C)Cc1ccc2ccccc2c1. The lowest BCUT2D eigenvalue weighted by atomic mass is 10.0. The summed E-state index contributed by atoms with van der Waals surface area (Å²) in [5, 5.41) is 5.42. The van der Waals surface area contributed by atoms with Crippen LogP contribution in [0.1, 0.15) is 19.4 Å². The molecule has 2 amide bonds. The van der Waals surface area contributed by atoms with E-state index in [1.54, 1.807) is 4.90 Å². The van der Waals surface area contributed by atoms with Crippen molar-refractivity contribution >= 4 is 22.6 Å². The summed E-state index contributed by atoms with van der Waals surface area (Å²) in [4.78, 5) is 25.8. The maximum Gasteiger partial charge on any atom is 0.245 e. The number of hydrogen-bond acceptors (Lipinski definition) is 3. The molecule has 2 aromatic rings. The number of nitrogens with zero attached hydrogens (tertiary/aromatic N) is 1. The Morgan fingerprint density at radius 3 is 2.76 bits per heavy atom. The molecule has 1 aliphatic rings. The molecular formula is C20H24N2O3. The molecule has 0 aliphatic carbocycles. The molecule has 1 fully saturated rings. The van der Waals surface area contributed by atoms with Crippen molar-refractivity contribution in [2.24, 2.45) is 0 Å². The Balaban J connectivity index is 1.63. The van der Waals surface area contributed by atoms with Crippen molar-refractivity contribution in [1.82, 2.24) is 10.2 Å². The lowest BCUT2D eigenvalue weighted by Crippen LogP contribution is -2.56. The van der Waals surface area contributed by atoms with E-state index < -0.39 is 6.04 Å². The van der Waals surface area contributed by atoms with Gasteiger partial charge in [0, 0.05) is 19.5 Å². The molecule has 5 nitrogen and oxygen atoms in total. The quantitative estimate of drug-likeness (QED) is 0.928. The number of hydrogen-bond donors (Lipinski definition) is 1. The van der Waals surface area contributed by atoms with E-state index in [0.717, 1.165) is 6.42 Å². The summed E-state index contributed by atoms with van der Waals surface area (Å²) in [5.41, 5.74) is 1.18. The fourth-order valence-corrected chi connectivity index (χ4v) is 3.31. The van der Waals surface area contributed by atoms with Gasteiger partial charge in [-0.1, -0.05) is 42.5 Å². The molecule has 25 heavy (non-hydrogen) atoms. The van der Waals surface area contributed by atoms with Crippen LogP contribution in [-0.4, -0.2) is 48.6 Å². The number of fused-ring (bicyclic) bond motifs is 1. The highest BCUT2D eigenvalue weighted by Crippen LogP contribution is 2.17. The number of morpholine rings is 1. The Labute approximate surface area is 148 Å². The van der Waals surface area contributed by atoms with Gasteiger partial charge >= 0.3 is 0 Å². The Morgan fingerprint density at radius 2 is 2.00 bits per heavy atom.